The first kappa shape index (κ1) is 22.2. The second kappa shape index (κ2) is 8.01. The van der Waals surface area contributed by atoms with E-state index in [0.717, 1.165) is 22.4 Å². The zero-order valence-electron chi connectivity index (χ0n) is 20.2. The second-order valence-corrected chi connectivity index (χ2v) is 9.56. The topological polar surface area (TPSA) is 126 Å². The molecule has 0 bridgehead atoms. The van der Waals surface area contributed by atoms with Crippen LogP contribution in [0.2, 0.25) is 0 Å². The molecule has 2 aromatic carbocycles. The number of carbonyl (C=O) groups is 3. The zero-order chi connectivity index (χ0) is 26.0. The van der Waals surface area contributed by atoms with Crippen LogP contribution in [0.5, 0.6) is 5.75 Å². The molecule has 10 heteroatoms. The van der Waals surface area contributed by atoms with Gasteiger partial charge in [0.15, 0.2) is 11.1 Å². The van der Waals surface area contributed by atoms with Gasteiger partial charge in [-0.05, 0) is 41.5 Å². The lowest BCUT2D eigenvalue weighted by Crippen LogP contribution is -2.52. The number of hydrogen-bond donors (Lipinski definition) is 2. The number of amides is 4. The Morgan fingerprint density at radius 3 is 2.74 bits per heavy atom. The van der Waals surface area contributed by atoms with Crippen molar-refractivity contribution in [2.24, 2.45) is 4.99 Å². The van der Waals surface area contributed by atoms with Gasteiger partial charge in [-0.3, -0.25) is 19.9 Å². The molecule has 1 saturated heterocycles. The minimum Gasteiger partial charge on any atom is -0.497 e. The normalized spacial score (nSPS) is 21.6. The van der Waals surface area contributed by atoms with E-state index in [2.05, 4.69) is 15.6 Å². The van der Waals surface area contributed by atoms with Crippen molar-refractivity contribution in [1.82, 2.24) is 20.5 Å². The summed E-state index contributed by atoms with van der Waals surface area (Å²) in [5.74, 6) is -0.0968. The average molecular weight is 508 g/mol. The predicted octanol–water partition coefficient (Wildman–Crippen LogP) is 3.32. The maximum atomic E-state index is 13.2. The Balaban J connectivity index is 1.25. The molecule has 0 saturated carbocycles. The van der Waals surface area contributed by atoms with E-state index in [-0.39, 0.29) is 30.8 Å². The summed E-state index contributed by atoms with van der Waals surface area (Å²) in [4.78, 5) is 49.3. The first-order valence-corrected chi connectivity index (χ1v) is 12.1. The van der Waals surface area contributed by atoms with Crippen LogP contribution >= 0.6 is 0 Å². The van der Waals surface area contributed by atoms with E-state index >= 15 is 0 Å². The third-order valence-corrected chi connectivity index (χ3v) is 7.18. The summed E-state index contributed by atoms with van der Waals surface area (Å²) in [6.45, 7) is 0.170. The molecule has 4 aromatic rings. The Hall–Kier alpha value is -4.99. The molecule has 2 atom stereocenters. The van der Waals surface area contributed by atoms with Gasteiger partial charge in [0.25, 0.3) is 11.8 Å². The molecule has 4 amide bonds. The molecule has 2 N–H and O–H groups in total. The molecule has 3 aliphatic heterocycles. The third-order valence-electron chi connectivity index (χ3n) is 7.18. The van der Waals surface area contributed by atoms with Gasteiger partial charge in [0.05, 0.1) is 19.3 Å². The molecular weight excluding hydrogens is 486 g/mol. The number of imide groups is 1. The van der Waals surface area contributed by atoms with Gasteiger partial charge in [-0.25, -0.2) is 9.78 Å². The third kappa shape index (κ3) is 3.45. The molecule has 188 valence electrons. The van der Waals surface area contributed by atoms with E-state index in [1.165, 1.54) is 12.0 Å². The molecule has 2 unspecified atom stereocenters. The number of carbonyl (C=O) groups excluding carboxylic acids is 3. The van der Waals surface area contributed by atoms with E-state index in [1.807, 2.05) is 42.6 Å². The lowest BCUT2D eigenvalue weighted by molar-refractivity contribution is -0.125. The number of pyridine rings is 1. The number of aliphatic imine (C=N–C) groups is 1. The fourth-order valence-electron chi connectivity index (χ4n) is 5.13. The Labute approximate surface area is 216 Å². The van der Waals surface area contributed by atoms with Crippen molar-refractivity contribution in [2.75, 3.05) is 13.7 Å². The predicted molar refractivity (Wildman–Crippen MR) is 137 cm³/mol. The summed E-state index contributed by atoms with van der Waals surface area (Å²) in [5, 5.41) is 5.01. The number of nitrogens with one attached hydrogen (secondary N) is 2. The lowest BCUT2D eigenvalue weighted by Gasteiger charge is -2.28. The Morgan fingerprint density at radius 1 is 1.11 bits per heavy atom. The monoisotopic (exact) mass is 507 g/mol. The van der Waals surface area contributed by atoms with Gasteiger partial charge < -0.3 is 19.4 Å². The first-order chi connectivity index (χ1) is 18.4. The summed E-state index contributed by atoms with van der Waals surface area (Å²) in [6.07, 6.45) is 1.89. The van der Waals surface area contributed by atoms with Crippen LogP contribution in [0.4, 0.5) is 4.79 Å². The van der Waals surface area contributed by atoms with Gasteiger partial charge in [-0.15, -0.1) is 0 Å². The molecule has 7 rings (SSSR count). The molecule has 0 radical (unpaired) electrons. The summed E-state index contributed by atoms with van der Waals surface area (Å²) in [7, 11) is 1.53. The fourth-order valence-corrected chi connectivity index (χ4v) is 5.13. The average Bonchev–Trinajstić information content (AvgIpc) is 3.53. The van der Waals surface area contributed by atoms with Crippen LogP contribution in [0.1, 0.15) is 33.3 Å². The van der Waals surface area contributed by atoms with Crippen LogP contribution in [0.3, 0.4) is 0 Å². The van der Waals surface area contributed by atoms with Gasteiger partial charge in [0.2, 0.25) is 0 Å². The van der Waals surface area contributed by atoms with Gasteiger partial charge in [0.1, 0.15) is 23.1 Å². The van der Waals surface area contributed by atoms with E-state index in [0.29, 0.717) is 22.4 Å². The number of furan rings is 1. The van der Waals surface area contributed by atoms with Crippen LogP contribution < -0.4 is 15.4 Å². The summed E-state index contributed by atoms with van der Waals surface area (Å²) < 4.78 is 11.3. The molecule has 38 heavy (non-hydrogen) atoms. The minimum absolute atomic E-state index is 0.115. The van der Waals surface area contributed by atoms with Crippen molar-refractivity contribution in [2.45, 2.75) is 18.1 Å². The molecule has 0 spiro atoms. The van der Waals surface area contributed by atoms with Crippen LogP contribution in [0, 0.1) is 0 Å². The van der Waals surface area contributed by atoms with Crippen molar-refractivity contribution >= 4 is 35.2 Å². The number of fused-ring (bicyclic) bond motifs is 2. The quantitative estimate of drug-likeness (QED) is 0.386. The fraction of sp³-hybridized carbons (Fsp3) is 0.179. The largest absolute Gasteiger partial charge is 0.497 e. The minimum atomic E-state index is -1.61. The maximum Gasteiger partial charge on any atom is 0.322 e. The number of rotatable bonds is 6. The molecule has 0 aliphatic carbocycles. The Bertz CT molecular complexity index is 1700. The van der Waals surface area contributed by atoms with Gasteiger partial charge in [-0.2, -0.15) is 0 Å². The van der Waals surface area contributed by atoms with Crippen LogP contribution in [0.25, 0.3) is 22.4 Å². The number of ether oxygens (including phenoxy) is 1. The highest BCUT2D eigenvalue weighted by Gasteiger charge is 2.53. The lowest BCUT2D eigenvalue weighted by atomic mass is 9.95. The molecule has 10 nitrogen and oxygen atoms in total. The molecular formula is C28H21N5O5. The molecule has 2 aromatic heterocycles. The summed E-state index contributed by atoms with van der Waals surface area (Å²) in [6, 6.07) is 18.0. The van der Waals surface area contributed by atoms with E-state index in [4.69, 9.17) is 14.1 Å². The second-order valence-electron chi connectivity index (χ2n) is 9.56. The summed E-state index contributed by atoms with van der Waals surface area (Å²) in [5.41, 5.74) is 3.45. The Morgan fingerprint density at radius 2 is 1.97 bits per heavy atom. The van der Waals surface area contributed by atoms with Gasteiger partial charge in [-0.1, -0.05) is 24.3 Å². The smallest absolute Gasteiger partial charge is 0.322 e. The van der Waals surface area contributed by atoms with Crippen molar-refractivity contribution in [1.29, 1.82) is 0 Å². The molecule has 1 fully saturated rings. The molecule has 5 heterocycles. The van der Waals surface area contributed by atoms with Crippen molar-refractivity contribution in [3.05, 3.63) is 83.1 Å². The highest BCUT2D eigenvalue weighted by molar-refractivity contribution is 6.08. The highest BCUT2D eigenvalue weighted by atomic mass is 16.5. The Kier molecular flexibility index (Phi) is 4.68. The summed E-state index contributed by atoms with van der Waals surface area (Å²) >= 11 is 0. The number of benzene rings is 2. The zero-order valence-corrected chi connectivity index (χ0v) is 20.2. The molecule has 3 aliphatic rings. The maximum absolute atomic E-state index is 13.2. The van der Waals surface area contributed by atoms with E-state index in [9.17, 15) is 14.4 Å². The van der Waals surface area contributed by atoms with Crippen molar-refractivity contribution in [3.8, 4) is 17.0 Å². The van der Waals surface area contributed by atoms with E-state index < -0.39 is 17.5 Å². The van der Waals surface area contributed by atoms with E-state index in [1.54, 1.807) is 24.3 Å². The number of methoxy groups -OCH3 is 1. The number of urea groups is 1. The van der Waals surface area contributed by atoms with Crippen LogP contribution in [0.15, 0.2) is 70.1 Å². The number of hydrogen-bond acceptors (Lipinski definition) is 7. The van der Waals surface area contributed by atoms with Crippen molar-refractivity contribution < 1.29 is 23.5 Å². The van der Waals surface area contributed by atoms with Crippen molar-refractivity contribution in [3.63, 3.8) is 0 Å². The van der Waals surface area contributed by atoms with Crippen LogP contribution in [-0.4, -0.2) is 47.6 Å². The standard InChI is InChI=1S/C28H21N5O5/c1-37-18-6-5-17-13-33(25(34)19(17)10-18)14-28(26(35)31-27(36)32-28)24-11-21-23(38-24)8-7-20(30-21)15-3-2-4-16(9-15)22-12-29-22/h2-12,22H,13-14H2,1H3,(H2,31,32,35,36). The number of nitrogens with zero attached hydrogens (tertiary/aromatic N) is 3. The highest BCUT2D eigenvalue weighted by Crippen LogP contribution is 2.36. The van der Waals surface area contributed by atoms with Crippen LogP contribution in [-0.2, 0) is 16.9 Å². The van der Waals surface area contributed by atoms with Gasteiger partial charge in [0, 0.05) is 30.0 Å². The number of aromatic nitrogens is 1. The SMILES string of the molecule is COc1ccc2c(c1)C(=O)N(CC1(c3cc4nc(-c5cccc(C6C=N6)c5)ccc4o3)NC(=O)NC1=O)C2. The first-order valence-electron chi connectivity index (χ1n) is 12.1. The van der Waals surface area contributed by atoms with Gasteiger partial charge >= 0.3 is 6.03 Å².